The third kappa shape index (κ3) is 5.35. The smallest absolute Gasteiger partial charge is 0.410 e. The molecule has 2 rings (SSSR count). The second kappa shape index (κ2) is 6.95. The van der Waals surface area contributed by atoms with Gasteiger partial charge in [-0.05, 0) is 33.6 Å². The van der Waals surface area contributed by atoms with E-state index in [1.54, 1.807) is 11.2 Å². The molecule has 24 heavy (non-hydrogen) atoms. The molecule has 1 aliphatic rings. The summed E-state index contributed by atoms with van der Waals surface area (Å²) in [4.78, 5) is 22.6. The number of ether oxygens (including phenoxy) is 1. The number of nitrogens with zero attached hydrogens (tertiary/aromatic N) is 3. The van der Waals surface area contributed by atoms with E-state index in [1.807, 2.05) is 26.8 Å². The highest BCUT2D eigenvalue weighted by atomic mass is 16.6. The van der Waals surface area contributed by atoms with Crippen LogP contribution in [0.2, 0.25) is 0 Å². The lowest BCUT2D eigenvalue weighted by Crippen LogP contribution is -2.44. The van der Waals surface area contributed by atoms with Crippen molar-refractivity contribution < 1.29 is 9.53 Å². The number of hydrogen-bond acceptors (Lipinski definition) is 5. The maximum atomic E-state index is 12.1. The summed E-state index contributed by atoms with van der Waals surface area (Å²) in [5.41, 5.74) is 0.571. The van der Waals surface area contributed by atoms with Crippen LogP contribution in [0.15, 0.2) is 12.4 Å². The molecular weight excluding hydrogens is 304 g/mol. The maximum Gasteiger partial charge on any atom is 0.410 e. The average molecular weight is 334 g/mol. The molecular formula is C18H30N4O2. The van der Waals surface area contributed by atoms with Gasteiger partial charge in [0.05, 0.1) is 5.69 Å². The molecule has 1 aromatic heterocycles. The van der Waals surface area contributed by atoms with E-state index in [-0.39, 0.29) is 11.5 Å². The molecule has 1 aliphatic heterocycles. The van der Waals surface area contributed by atoms with Crippen LogP contribution in [0.5, 0.6) is 0 Å². The number of aromatic nitrogens is 2. The van der Waals surface area contributed by atoms with Crippen molar-refractivity contribution in [3.63, 3.8) is 0 Å². The number of anilines is 1. The van der Waals surface area contributed by atoms with E-state index in [4.69, 9.17) is 4.74 Å². The van der Waals surface area contributed by atoms with Crippen molar-refractivity contribution in [1.29, 1.82) is 0 Å². The minimum atomic E-state index is -0.448. The van der Waals surface area contributed by atoms with Crippen molar-refractivity contribution in [2.45, 2.75) is 71.4 Å². The van der Waals surface area contributed by atoms with Gasteiger partial charge in [0.15, 0.2) is 0 Å². The highest BCUT2D eigenvalue weighted by molar-refractivity contribution is 5.68. The monoisotopic (exact) mass is 334 g/mol. The number of piperidine rings is 1. The van der Waals surface area contributed by atoms with Crippen molar-refractivity contribution in [3.05, 3.63) is 18.1 Å². The number of likely N-dealkylation sites (tertiary alicyclic amines) is 1. The quantitative estimate of drug-likeness (QED) is 0.895. The van der Waals surface area contributed by atoms with Crippen LogP contribution < -0.4 is 5.32 Å². The van der Waals surface area contributed by atoms with Crippen molar-refractivity contribution >= 4 is 11.9 Å². The second-order valence-corrected chi connectivity index (χ2v) is 8.42. The predicted molar refractivity (Wildman–Crippen MR) is 95.2 cm³/mol. The fourth-order valence-corrected chi connectivity index (χ4v) is 2.59. The highest BCUT2D eigenvalue weighted by Crippen LogP contribution is 2.23. The van der Waals surface area contributed by atoms with E-state index in [0.29, 0.717) is 19.1 Å². The Kier molecular flexibility index (Phi) is 5.35. The maximum absolute atomic E-state index is 12.1. The van der Waals surface area contributed by atoms with Crippen LogP contribution in [0.25, 0.3) is 0 Å². The van der Waals surface area contributed by atoms with Gasteiger partial charge in [-0.15, -0.1) is 0 Å². The Balaban J connectivity index is 1.88. The first kappa shape index (κ1) is 18.5. The van der Waals surface area contributed by atoms with Crippen LogP contribution in [0, 0.1) is 0 Å². The summed E-state index contributed by atoms with van der Waals surface area (Å²) in [6, 6.07) is 2.33. The molecule has 1 amide bonds. The standard InChI is InChI=1S/C18H30N4O2/c1-17(2,3)14-11-15(20-12-19-14)21-13-7-9-22(10-8-13)16(23)24-18(4,5)6/h11-13H,7-10H2,1-6H3,(H,19,20,21). The van der Waals surface area contributed by atoms with Crippen LogP contribution in [-0.2, 0) is 10.2 Å². The van der Waals surface area contributed by atoms with Crippen LogP contribution in [0.1, 0.15) is 60.1 Å². The van der Waals surface area contributed by atoms with E-state index < -0.39 is 5.60 Å². The van der Waals surface area contributed by atoms with Crippen LogP contribution in [0.3, 0.4) is 0 Å². The lowest BCUT2D eigenvalue weighted by atomic mass is 9.92. The molecule has 0 spiro atoms. The summed E-state index contributed by atoms with van der Waals surface area (Å²) in [5.74, 6) is 0.852. The Hall–Kier alpha value is -1.85. The third-order valence-corrected chi connectivity index (χ3v) is 3.93. The second-order valence-electron chi connectivity index (χ2n) is 8.42. The summed E-state index contributed by atoms with van der Waals surface area (Å²) >= 11 is 0. The molecule has 1 saturated heterocycles. The fraction of sp³-hybridized carbons (Fsp3) is 0.722. The van der Waals surface area contributed by atoms with Gasteiger partial charge in [-0.25, -0.2) is 14.8 Å². The van der Waals surface area contributed by atoms with Crippen molar-refractivity contribution in [1.82, 2.24) is 14.9 Å². The largest absolute Gasteiger partial charge is 0.444 e. The molecule has 2 heterocycles. The summed E-state index contributed by atoms with van der Waals surface area (Å²) in [5, 5.41) is 3.47. The normalized spacial score (nSPS) is 16.8. The molecule has 6 heteroatoms. The van der Waals surface area contributed by atoms with E-state index in [1.165, 1.54) is 0 Å². The lowest BCUT2D eigenvalue weighted by molar-refractivity contribution is 0.0210. The number of carbonyl (C=O) groups excluding carboxylic acids is 1. The van der Waals surface area contributed by atoms with Gasteiger partial charge < -0.3 is 15.0 Å². The summed E-state index contributed by atoms with van der Waals surface area (Å²) in [6.07, 6.45) is 3.15. The van der Waals surface area contributed by atoms with Crippen molar-refractivity contribution in [2.24, 2.45) is 0 Å². The van der Waals surface area contributed by atoms with Gasteiger partial charge in [0.25, 0.3) is 0 Å². The zero-order chi connectivity index (χ0) is 18.0. The third-order valence-electron chi connectivity index (χ3n) is 3.93. The first-order valence-corrected chi connectivity index (χ1v) is 8.61. The zero-order valence-corrected chi connectivity index (χ0v) is 15.7. The van der Waals surface area contributed by atoms with E-state index in [0.717, 1.165) is 24.4 Å². The average Bonchev–Trinajstić information content (AvgIpc) is 2.45. The molecule has 6 nitrogen and oxygen atoms in total. The molecule has 0 aromatic carbocycles. The molecule has 0 atom stereocenters. The van der Waals surface area contributed by atoms with Crippen LogP contribution in [0.4, 0.5) is 10.6 Å². The van der Waals surface area contributed by atoms with E-state index >= 15 is 0 Å². The van der Waals surface area contributed by atoms with Gasteiger partial charge in [0.2, 0.25) is 0 Å². The Morgan fingerprint density at radius 3 is 2.33 bits per heavy atom. The Labute approximate surface area is 145 Å². The van der Waals surface area contributed by atoms with Gasteiger partial charge in [0.1, 0.15) is 17.7 Å². The lowest BCUT2D eigenvalue weighted by Gasteiger charge is -2.34. The first-order valence-electron chi connectivity index (χ1n) is 8.61. The molecule has 1 aromatic rings. The topological polar surface area (TPSA) is 67.3 Å². The number of amides is 1. The SMILES string of the molecule is CC(C)(C)OC(=O)N1CCC(Nc2cc(C(C)(C)C)ncn2)CC1. The summed E-state index contributed by atoms with van der Waals surface area (Å²) < 4.78 is 5.43. The van der Waals surface area contributed by atoms with Gasteiger partial charge in [-0.1, -0.05) is 20.8 Å². The van der Waals surface area contributed by atoms with Crippen LogP contribution in [-0.4, -0.2) is 45.7 Å². The predicted octanol–water partition coefficient (Wildman–Crippen LogP) is 3.59. The molecule has 134 valence electrons. The van der Waals surface area contributed by atoms with Crippen molar-refractivity contribution in [2.75, 3.05) is 18.4 Å². The molecule has 1 N–H and O–H groups in total. The Morgan fingerprint density at radius 2 is 1.79 bits per heavy atom. The minimum absolute atomic E-state index is 0.000548. The number of hydrogen-bond donors (Lipinski definition) is 1. The molecule has 0 unspecified atom stereocenters. The number of rotatable bonds is 2. The Morgan fingerprint density at radius 1 is 1.17 bits per heavy atom. The van der Waals surface area contributed by atoms with E-state index in [2.05, 4.69) is 36.1 Å². The molecule has 0 saturated carbocycles. The molecule has 0 aliphatic carbocycles. The zero-order valence-electron chi connectivity index (χ0n) is 15.7. The number of nitrogens with one attached hydrogen (secondary N) is 1. The van der Waals surface area contributed by atoms with Crippen molar-refractivity contribution in [3.8, 4) is 0 Å². The van der Waals surface area contributed by atoms with Crippen LogP contribution >= 0.6 is 0 Å². The van der Waals surface area contributed by atoms with E-state index in [9.17, 15) is 4.79 Å². The van der Waals surface area contributed by atoms with Gasteiger partial charge in [0, 0.05) is 30.6 Å². The van der Waals surface area contributed by atoms with Gasteiger partial charge >= 0.3 is 6.09 Å². The fourth-order valence-electron chi connectivity index (χ4n) is 2.59. The number of carbonyl (C=O) groups is 1. The highest BCUT2D eigenvalue weighted by Gasteiger charge is 2.27. The molecule has 0 radical (unpaired) electrons. The van der Waals surface area contributed by atoms with Gasteiger partial charge in [-0.3, -0.25) is 0 Å². The summed E-state index contributed by atoms with van der Waals surface area (Å²) in [7, 11) is 0. The summed E-state index contributed by atoms with van der Waals surface area (Å²) in [6.45, 7) is 13.5. The first-order chi connectivity index (χ1) is 11.0. The minimum Gasteiger partial charge on any atom is -0.444 e. The van der Waals surface area contributed by atoms with Gasteiger partial charge in [-0.2, -0.15) is 0 Å². The molecule has 1 fully saturated rings. The Bertz CT molecular complexity index is 567. The molecule has 0 bridgehead atoms.